The van der Waals surface area contributed by atoms with Gasteiger partial charge in [-0.15, -0.1) is 0 Å². The Labute approximate surface area is 112 Å². The number of hydrogen-bond donors (Lipinski definition) is 1. The van der Waals surface area contributed by atoms with Crippen LogP contribution in [0, 0.1) is 0 Å². The maximum atomic E-state index is 4.35. The molecular formula is C13H22BrN3. The Hall–Kier alpha value is -0.610. The molecule has 1 aromatic rings. The predicted molar refractivity (Wildman–Crippen MR) is 77.1 cm³/mol. The summed E-state index contributed by atoms with van der Waals surface area (Å²) < 4.78 is 3.09. The van der Waals surface area contributed by atoms with Gasteiger partial charge < -0.3 is 5.32 Å². The topological polar surface area (TPSA) is 29.9 Å². The maximum Gasteiger partial charge on any atom is 0.0752 e. The van der Waals surface area contributed by atoms with Gasteiger partial charge in [-0.25, -0.2) is 0 Å². The molecule has 0 fully saturated rings. The maximum absolute atomic E-state index is 4.35. The van der Waals surface area contributed by atoms with E-state index < -0.39 is 0 Å². The van der Waals surface area contributed by atoms with E-state index in [-0.39, 0.29) is 0 Å². The van der Waals surface area contributed by atoms with Crippen molar-refractivity contribution in [1.82, 2.24) is 15.1 Å². The average molecular weight is 300 g/mol. The third kappa shape index (κ3) is 4.64. The van der Waals surface area contributed by atoms with Crippen molar-refractivity contribution < 1.29 is 0 Å². The Morgan fingerprint density at radius 1 is 1.47 bits per heavy atom. The van der Waals surface area contributed by atoms with E-state index in [1.807, 2.05) is 10.9 Å². The molecule has 96 valence electrons. The molecule has 0 amide bonds. The minimum Gasteiger partial charge on any atom is -0.316 e. The van der Waals surface area contributed by atoms with Crippen LogP contribution in [0.4, 0.5) is 0 Å². The van der Waals surface area contributed by atoms with E-state index in [9.17, 15) is 0 Å². The highest BCUT2D eigenvalue weighted by Gasteiger charge is 2.07. The van der Waals surface area contributed by atoms with Gasteiger partial charge in [0.15, 0.2) is 0 Å². The molecule has 0 bridgehead atoms. The molecular weight excluding hydrogens is 278 g/mol. The minimum atomic E-state index is 0.388. The molecule has 1 heterocycles. The lowest BCUT2D eigenvalue weighted by molar-refractivity contribution is 0.528. The third-order valence-corrected chi connectivity index (χ3v) is 3.08. The Morgan fingerprint density at radius 3 is 2.88 bits per heavy atom. The number of rotatable bonds is 7. The van der Waals surface area contributed by atoms with Crippen LogP contribution in [0.15, 0.2) is 16.7 Å². The summed E-state index contributed by atoms with van der Waals surface area (Å²) in [4.78, 5) is 0. The lowest BCUT2D eigenvalue weighted by Gasteiger charge is -2.08. The van der Waals surface area contributed by atoms with E-state index in [2.05, 4.69) is 59.3 Å². The van der Waals surface area contributed by atoms with Gasteiger partial charge in [0.1, 0.15) is 0 Å². The first-order valence-corrected chi connectivity index (χ1v) is 7.06. The molecule has 17 heavy (non-hydrogen) atoms. The fraction of sp³-hybridized carbons (Fsp3) is 0.615. The first-order valence-electron chi connectivity index (χ1n) is 6.27. The van der Waals surface area contributed by atoms with Crippen molar-refractivity contribution in [2.75, 3.05) is 13.1 Å². The van der Waals surface area contributed by atoms with Crippen molar-refractivity contribution in [1.29, 1.82) is 0 Å². The summed E-state index contributed by atoms with van der Waals surface area (Å²) in [6, 6.07) is 0.388. The molecule has 4 heteroatoms. The van der Waals surface area contributed by atoms with Gasteiger partial charge in [-0.05, 0) is 61.8 Å². The zero-order valence-electron chi connectivity index (χ0n) is 10.9. The van der Waals surface area contributed by atoms with Crippen LogP contribution in [-0.4, -0.2) is 22.9 Å². The highest BCUT2D eigenvalue weighted by atomic mass is 79.9. The summed E-state index contributed by atoms with van der Waals surface area (Å²) in [6.45, 7) is 8.60. The molecule has 0 aliphatic rings. The smallest absolute Gasteiger partial charge is 0.0752 e. The summed E-state index contributed by atoms with van der Waals surface area (Å²) >= 11 is 3.53. The summed E-state index contributed by atoms with van der Waals surface area (Å²) in [6.07, 6.45) is 8.44. The van der Waals surface area contributed by atoms with E-state index in [0.29, 0.717) is 6.04 Å². The molecule has 0 aliphatic heterocycles. The standard InChI is InChI=1S/C13H22BrN3/c1-4-8-15-9-6-5-7-13-12(14)10-16-17(13)11(2)3/h5,7,10-11,15H,4,6,8-9H2,1-3H3/b7-5+. The number of hydrogen-bond acceptors (Lipinski definition) is 2. The SMILES string of the molecule is CCCNCC/C=C/c1c(Br)cnn1C(C)C. The number of halogens is 1. The van der Waals surface area contributed by atoms with Gasteiger partial charge in [0.05, 0.1) is 16.4 Å². The Bertz CT molecular complexity index is 356. The zero-order valence-corrected chi connectivity index (χ0v) is 12.5. The molecule has 0 aromatic carbocycles. The van der Waals surface area contributed by atoms with Crippen molar-refractivity contribution in [2.45, 2.75) is 39.7 Å². The third-order valence-electron chi connectivity index (χ3n) is 2.47. The van der Waals surface area contributed by atoms with Crippen molar-refractivity contribution in [3.8, 4) is 0 Å². The van der Waals surface area contributed by atoms with Gasteiger partial charge >= 0.3 is 0 Å². The van der Waals surface area contributed by atoms with E-state index in [4.69, 9.17) is 0 Å². The van der Waals surface area contributed by atoms with Crippen LogP contribution in [0.3, 0.4) is 0 Å². The Morgan fingerprint density at radius 2 is 2.24 bits per heavy atom. The van der Waals surface area contributed by atoms with Crippen LogP contribution in [0.2, 0.25) is 0 Å². The van der Waals surface area contributed by atoms with Crippen LogP contribution >= 0.6 is 15.9 Å². The minimum absolute atomic E-state index is 0.388. The quantitative estimate of drug-likeness (QED) is 0.779. The lowest BCUT2D eigenvalue weighted by atomic mass is 10.3. The van der Waals surface area contributed by atoms with Gasteiger partial charge in [-0.3, -0.25) is 4.68 Å². The Balaban J connectivity index is 2.50. The average Bonchev–Trinajstić information content (AvgIpc) is 2.65. The van der Waals surface area contributed by atoms with E-state index >= 15 is 0 Å². The largest absolute Gasteiger partial charge is 0.316 e. The number of aromatic nitrogens is 2. The summed E-state index contributed by atoms with van der Waals surface area (Å²) in [5.41, 5.74) is 1.15. The van der Waals surface area contributed by atoms with Gasteiger partial charge in [0.2, 0.25) is 0 Å². The summed E-state index contributed by atoms with van der Waals surface area (Å²) in [7, 11) is 0. The van der Waals surface area contributed by atoms with E-state index in [1.54, 1.807) is 0 Å². The lowest BCUT2D eigenvalue weighted by Crippen LogP contribution is -2.15. The molecule has 0 aliphatic carbocycles. The van der Waals surface area contributed by atoms with Crippen LogP contribution in [0.5, 0.6) is 0 Å². The number of nitrogens with one attached hydrogen (secondary N) is 1. The van der Waals surface area contributed by atoms with E-state index in [0.717, 1.165) is 29.7 Å². The van der Waals surface area contributed by atoms with Crippen molar-refractivity contribution in [3.05, 3.63) is 22.4 Å². The van der Waals surface area contributed by atoms with Crippen LogP contribution in [0.1, 0.15) is 45.3 Å². The van der Waals surface area contributed by atoms with Crippen LogP contribution < -0.4 is 5.32 Å². The van der Waals surface area contributed by atoms with Crippen LogP contribution in [-0.2, 0) is 0 Å². The van der Waals surface area contributed by atoms with Gasteiger partial charge in [-0.2, -0.15) is 5.10 Å². The van der Waals surface area contributed by atoms with Crippen molar-refractivity contribution in [3.63, 3.8) is 0 Å². The second-order valence-corrected chi connectivity index (χ2v) is 5.21. The van der Waals surface area contributed by atoms with Gasteiger partial charge in [0, 0.05) is 6.04 Å². The molecule has 0 spiro atoms. The summed E-state index contributed by atoms with van der Waals surface area (Å²) in [5.74, 6) is 0. The summed E-state index contributed by atoms with van der Waals surface area (Å²) in [5, 5.41) is 7.73. The predicted octanol–water partition coefficient (Wildman–Crippen LogP) is 3.63. The van der Waals surface area contributed by atoms with Crippen molar-refractivity contribution >= 4 is 22.0 Å². The first kappa shape index (κ1) is 14.5. The first-order chi connectivity index (χ1) is 8.16. The molecule has 0 saturated heterocycles. The molecule has 1 N–H and O–H groups in total. The Kier molecular flexibility index (Phi) is 6.52. The van der Waals surface area contributed by atoms with Crippen molar-refractivity contribution in [2.24, 2.45) is 0 Å². The zero-order chi connectivity index (χ0) is 12.7. The molecule has 1 aromatic heterocycles. The molecule has 0 unspecified atom stereocenters. The molecule has 1 rings (SSSR count). The molecule has 0 atom stereocenters. The van der Waals surface area contributed by atoms with E-state index in [1.165, 1.54) is 6.42 Å². The normalized spacial score (nSPS) is 11.8. The van der Waals surface area contributed by atoms with Crippen LogP contribution in [0.25, 0.3) is 6.08 Å². The fourth-order valence-electron chi connectivity index (χ4n) is 1.60. The fourth-order valence-corrected chi connectivity index (χ4v) is 2.01. The molecule has 0 radical (unpaired) electrons. The highest BCUT2D eigenvalue weighted by Crippen LogP contribution is 2.20. The van der Waals surface area contributed by atoms with Gasteiger partial charge in [-0.1, -0.05) is 13.0 Å². The monoisotopic (exact) mass is 299 g/mol. The second-order valence-electron chi connectivity index (χ2n) is 4.36. The second kappa shape index (κ2) is 7.67. The number of nitrogens with zero attached hydrogens (tertiary/aromatic N) is 2. The highest BCUT2D eigenvalue weighted by molar-refractivity contribution is 9.10. The molecule has 3 nitrogen and oxygen atoms in total. The van der Waals surface area contributed by atoms with Gasteiger partial charge in [0.25, 0.3) is 0 Å². The molecule has 0 saturated carbocycles.